The Morgan fingerprint density at radius 2 is 1.94 bits per heavy atom. The fourth-order valence-corrected chi connectivity index (χ4v) is 5.55. The molecule has 0 saturated carbocycles. The monoisotopic (exact) mass is 423 g/mol. The fourth-order valence-electron chi connectivity index (χ4n) is 5.55. The maximum absolute atomic E-state index is 12.8. The van der Waals surface area contributed by atoms with Gasteiger partial charge in [-0.1, -0.05) is 36.3 Å². The van der Waals surface area contributed by atoms with Gasteiger partial charge in [0.25, 0.3) is 0 Å². The van der Waals surface area contributed by atoms with Gasteiger partial charge in [-0.05, 0) is 68.1 Å². The van der Waals surface area contributed by atoms with Crippen LogP contribution in [0.5, 0.6) is 5.75 Å². The number of phenolic OH excluding ortho intramolecular Hbond substituents is 1. The van der Waals surface area contributed by atoms with Gasteiger partial charge in [0.15, 0.2) is 0 Å². The van der Waals surface area contributed by atoms with Gasteiger partial charge < -0.3 is 14.8 Å². The summed E-state index contributed by atoms with van der Waals surface area (Å²) in [5.41, 5.74) is 4.53. The summed E-state index contributed by atoms with van der Waals surface area (Å²) in [4.78, 5) is 26.6. The van der Waals surface area contributed by atoms with Gasteiger partial charge in [0.1, 0.15) is 5.75 Å². The maximum Gasteiger partial charge on any atom is 0.455 e. The first-order valence-electron chi connectivity index (χ1n) is 11.1. The first-order valence-corrected chi connectivity index (χ1v) is 11.1. The van der Waals surface area contributed by atoms with E-state index < -0.39 is 7.12 Å². The summed E-state index contributed by atoms with van der Waals surface area (Å²) >= 11 is 0. The van der Waals surface area contributed by atoms with E-state index in [1.807, 2.05) is 19.1 Å². The second-order valence-corrected chi connectivity index (χ2v) is 9.02. The number of fused-ring (bicyclic) bond motifs is 3. The topological polar surface area (TPSA) is 87.1 Å². The number of phenols is 1. The number of aromatic hydroxyl groups is 1. The van der Waals surface area contributed by atoms with E-state index in [2.05, 4.69) is 13.0 Å². The van der Waals surface area contributed by atoms with Crippen LogP contribution in [-0.2, 0) is 14.2 Å². The molecule has 0 aromatic heterocycles. The number of carbonyl (C=O) groups excluding carboxylic acids is 2. The Balaban J connectivity index is 1.55. The number of rotatable bonds is 5. The second-order valence-electron chi connectivity index (χ2n) is 9.02. The SMILES string of the molecule is CC/C(=C\c1ccc(O)cc1)CC[C@H]1OB(O)C[C@H]2C1=C(C)C[C@H]1C(=O)N(C)C(=O)[C@H]12. The molecular formula is C24H30BNO5. The molecule has 4 atom stereocenters. The quantitative estimate of drug-likeness (QED) is 0.431. The Kier molecular flexibility index (Phi) is 6.08. The minimum atomic E-state index is -0.926. The summed E-state index contributed by atoms with van der Waals surface area (Å²) in [7, 11) is 0.637. The van der Waals surface area contributed by atoms with Gasteiger partial charge >= 0.3 is 7.12 Å². The minimum Gasteiger partial charge on any atom is -0.508 e. The average molecular weight is 423 g/mol. The molecule has 4 rings (SSSR count). The van der Waals surface area contributed by atoms with Crippen molar-refractivity contribution < 1.29 is 24.4 Å². The van der Waals surface area contributed by atoms with Crippen LogP contribution in [0, 0.1) is 17.8 Å². The number of benzene rings is 1. The highest BCUT2D eigenvalue weighted by Gasteiger charge is 2.55. The van der Waals surface area contributed by atoms with Gasteiger partial charge in [0.2, 0.25) is 11.8 Å². The normalized spacial score (nSPS) is 28.8. The Hall–Kier alpha value is -2.38. The van der Waals surface area contributed by atoms with Crippen molar-refractivity contribution in [1.29, 1.82) is 0 Å². The molecule has 0 unspecified atom stereocenters. The molecule has 2 N–H and O–H groups in total. The molecule has 0 radical (unpaired) electrons. The molecule has 0 spiro atoms. The summed E-state index contributed by atoms with van der Waals surface area (Å²) in [6, 6.07) is 7.12. The van der Waals surface area contributed by atoms with E-state index in [-0.39, 0.29) is 41.4 Å². The third kappa shape index (κ3) is 4.09. The summed E-state index contributed by atoms with van der Waals surface area (Å²) in [6.45, 7) is 4.15. The Morgan fingerprint density at radius 3 is 2.61 bits per heavy atom. The molecule has 2 saturated heterocycles. The number of amides is 2. The highest BCUT2D eigenvalue weighted by atomic mass is 16.5. The predicted molar refractivity (Wildman–Crippen MR) is 119 cm³/mol. The molecule has 7 heteroatoms. The van der Waals surface area contributed by atoms with Crippen molar-refractivity contribution >= 4 is 25.0 Å². The molecule has 164 valence electrons. The van der Waals surface area contributed by atoms with E-state index in [1.54, 1.807) is 19.2 Å². The number of hydrogen-bond donors (Lipinski definition) is 2. The molecule has 2 aliphatic heterocycles. The molecule has 31 heavy (non-hydrogen) atoms. The number of hydrogen-bond acceptors (Lipinski definition) is 5. The van der Waals surface area contributed by atoms with Crippen LogP contribution in [0.4, 0.5) is 0 Å². The largest absolute Gasteiger partial charge is 0.508 e. The first kappa shape index (κ1) is 21.8. The van der Waals surface area contributed by atoms with Crippen LogP contribution in [0.15, 0.2) is 41.0 Å². The lowest BCUT2D eigenvalue weighted by Gasteiger charge is -2.42. The molecule has 2 amide bonds. The molecular weight excluding hydrogens is 393 g/mol. The molecule has 2 fully saturated rings. The lowest BCUT2D eigenvalue weighted by atomic mass is 9.59. The van der Waals surface area contributed by atoms with Crippen LogP contribution < -0.4 is 0 Å². The lowest BCUT2D eigenvalue weighted by molar-refractivity contribution is -0.138. The van der Waals surface area contributed by atoms with Crippen molar-refractivity contribution in [3.8, 4) is 5.75 Å². The van der Waals surface area contributed by atoms with Gasteiger partial charge in [0.05, 0.1) is 17.9 Å². The van der Waals surface area contributed by atoms with Crippen molar-refractivity contribution in [2.24, 2.45) is 17.8 Å². The number of allylic oxidation sites excluding steroid dienone is 2. The molecule has 3 aliphatic rings. The summed E-state index contributed by atoms with van der Waals surface area (Å²) in [5.74, 6) is -0.807. The summed E-state index contributed by atoms with van der Waals surface area (Å²) < 4.78 is 5.95. The third-order valence-electron chi connectivity index (χ3n) is 7.12. The molecule has 2 heterocycles. The second kappa shape index (κ2) is 8.63. The number of likely N-dealkylation sites (tertiary alicyclic amines) is 1. The standard InChI is InChI=1S/C24H30BNO5/c1-4-15(12-16-5-8-17(27)9-6-16)7-10-20-21-14(2)11-18-22(19(21)13-25(30)31-20)24(29)26(3)23(18)28/h5-6,8-9,12,18-20,22,27,30H,4,7,10-11,13H2,1-3H3/b15-12+/t18-,19+,20-,22-/m1/s1. The Bertz CT molecular complexity index is 938. The van der Waals surface area contributed by atoms with Crippen LogP contribution in [-0.4, -0.2) is 47.1 Å². The predicted octanol–water partition coefficient (Wildman–Crippen LogP) is 3.41. The Morgan fingerprint density at radius 1 is 1.23 bits per heavy atom. The van der Waals surface area contributed by atoms with Crippen LogP contribution in [0.2, 0.25) is 6.32 Å². The Labute approximate surface area is 183 Å². The zero-order valence-electron chi connectivity index (χ0n) is 18.4. The van der Waals surface area contributed by atoms with Crippen LogP contribution >= 0.6 is 0 Å². The summed E-state index contributed by atoms with van der Waals surface area (Å²) in [6.07, 6.45) is 5.24. The van der Waals surface area contributed by atoms with Crippen molar-refractivity contribution in [2.75, 3.05) is 7.05 Å². The fraction of sp³-hybridized carbons (Fsp3) is 0.500. The van der Waals surface area contributed by atoms with Crippen LogP contribution in [0.25, 0.3) is 6.08 Å². The van der Waals surface area contributed by atoms with Crippen molar-refractivity contribution in [2.45, 2.75) is 52.0 Å². The molecule has 1 aliphatic carbocycles. The lowest BCUT2D eigenvalue weighted by Crippen LogP contribution is -2.45. The van der Waals surface area contributed by atoms with Gasteiger partial charge in [-0.15, -0.1) is 0 Å². The molecule has 0 bridgehead atoms. The first-order chi connectivity index (χ1) is 14.8. The van der Waals surface area contributed by atoms with Crippen molar-refractivity contribution in [3.05, 3.63) is 46.5 Å². The zero-order chi connectivity index (χ0) is 22.3. The maximum atomic E-state index is 12.8. The number of carbonyl (C=O) groups is 2. The van der Waals surface area contributed by atoms with Gasteiger partial charge in [-0.3, -0.25) is 14.5 Å². The highest BCUT2D eigenvalue weighted by molar-refractivity contribution is 6.43. The van der Waals surface area contributed by atoms with E-state index in [0.717, 1.165) is 29.6 Å². The van der Waals surface area contributed by atoms with Crippen molar-refractivity contribution in [1.82, 2.24) is 4.90 Å². The van der Waals surface area contributed by atoms with Gasteiger partial charge in [0, 0.05) is 7.05 Å². The van der Waals surface area contributed by atoms with Gasteiger partial charge in [-0.25, -0.2) is 0 Å². The summed E-state index contributed by atoms with van der Waals surface area (Å²) in [5, 5.41) is 19.9. The van der Waals surface area contributed by atoms with E-state index in [4.69, 9.17) is 4.65 Å². The van der Waals surface area contributed by atoms with E-state index in [9.17, 15) is 19.7 Å². The van der Waals surface area contributed by atoms with E-state index in [0.29, 0.717) is 19.2 Å². The third-order valence-corrected chi connectivity index (χ3v) is 7.12. The molecule has 1 aromatic rings. The highest BCUT2D eigenvalue weighted by Crippen LogP contribution is 2.50. The van der Waals surface area contributed by atoms with Crippen LogP contribution in [0.3, 0.4) is 0 Å². The van der Waals surface area contributed by atoms with E-state index >= 15 is 0 Å². The molecule has 1 aromatic carbocycles. The van der Waals surface area contributed by atoms with E-state index in [1.165, 1.54) is 10.5 Å². The van der Waals surface area contributed by atoms with Crippen LogP contribution in [0.1, 0.15) is 45.1 Å². The average Bonchev–Trinajstić information content (AvgIpc) is 2.96. The molecule has 6 nitrogen and oxygen atoms in total. The number of nitrogens with zero attached hydrogens (tertiary/aromatic N) is 1. The zero-order valence-corrected chi connectivity index (χ0v) is 18.4. The smallest absolute Gasteiger partial charge is 0.455 e. The van der Waals surface area contributed by atoms with Crippen molar-refractivity contribution in [3.63, 3.8) is 0 Å². The van der Waals surface area contributed by atoms with Gasteiger partial charge in [-0.2, -0.15) is 0 Å². The minimum absolute atomic E-state index is 0.101. The number of imide groups is 1.